The van der Waals surface area contributed by atoms with Gasteiger partial charge in [0.1, 0.15) is 5.75 Å². The molecule has 2 rings (SSSR count). The van der Waals surface area contributed by atoms with Gasteiger partial charge in [0.15, 0.2) is 5.11 Å². The number of carbonyl (C=O) groups excluding carboxylic acids is 1. The second kappa shape index (κ2) is 7.26. The summed E-state index contributed by atoms with van der Waals surface area (Å²) in [5.41, 5.74) is 2.13. The Morgan fingerprint density at radius 1 is 1.32 bits per heavy atom. The second-order valence-electron chi connectivity index (χ2n) is 4.80. The van der Waals surface area contributed by atoms with Crippen LogP contribution in [0.1, 0.15) is 32.4 Å². The third-order valence-corrected chi connectivity index (χ3v) is 3.49. The lowest BCUT2D eigenvalue weighted by Crippen LogP contribution is -2.45. The van der Waals surface area contributed by atoms with E-state index in [1.807, 2.05) is 38.1 Å². The lowest BCUT2D eigenvalue weighted by Gasteiger charge is -2.30. The number of allylic oxidation sites excluding steroid dienone is 1. The smallest absolute Gasteiger partial charge is 0.338 e. The Labute approximate surface area is 135 Å². The van der Waals surface area contributed by atoms with Crippen molar-refractivity contribution in [3.05, 3.63) is 41.1 Å². The van der Waals surface area contributed by atoms with Gasteiger partial charge < -0.3 is 20.1 Å². The largest absolute Gasteiger partial charge is 0.494 e. The Hall–Kier alpha value is -2.08. The van der Waals surface area contributed by atoms with Crippen LogP contribution in [0.25, 0.3) is 0 Å². The summed E-state index contributed by atoms with van der Waals surface area (Å²) in [5, 5.41) is 6.59. The molecule has 5 nitrogen and oxygen atoms in total. The van der Waals surface area contributed by atoms with E-state index in [0.717, 1.165) is 11.3 Å². The molecule has 0 saturated heterocycles. The Morgan fingerprint density at radius 3 is 2.77 bits per heavy atom. The highest BCUT2D eigenvalue weighted by Crippen LogP contribution is 2.29. The van der Waals surface area contributed by atoms with Crippen LogP contribution >= 0.6 is 12.2 Å². The van der Waals surface area contributed by atoms with Crippen molar-refractivity contribution in [3.8, 4) is 5.75 Å². The summed E-state index contributed by atoms with van der Waals surface area (Å²) in [6.45, 7) is 6.44. The summed E-state index contributed by atoms with van der Waals surface area (Å²) in [7, 11) is 0. The van der Waals surface area contributed by atoms with E-state index in [1.54, 1.807) is 6.92 Å². The zero-order valence-corrected chi connectivity index (χ0v) is 13.8. The van der Waals surface area contributed by atoms with Gasteiger partial charge in [-0.25, -0.2) is 4.79 Å². The van der Waals surface area contributed by atoms with Crippen molar-refractivity contribution < 1.29 is 14.3 Å². The van der Waals surface area contributed by atoms with Crippen LogP contribution in [0.2, 0.25) is 0 Å². The highest BCUT2D eigenvalue weighted by atomic mass is 32.1. The molecule has 118 valence electrons. The maximum absolute atomic E-state index is 12.3. The molecule has 1 aromatic rings. The average Bonchev–Trinajstić information content (AvgIpc) is 2.47. The molecule has 1 atom stereocenters. The minimum absolute atomic E-state index is 0.325. The van der Waals surface area contributed by atoms with E-state index in [-0.39, 0.29) is 12.0 Å². The van der Waals surface area contributed by atoms with E-state index in [4.69, 9.17) is 21.7 Å². The molecule has 0 aromatic heterocycles. The first-order valence-corrected chi connectivity index (χ1v) is 7.65. The van der Waals surface area contributed by atoms with Crippen molar-refractivity contribution in [1.29, 1.82) is 0 Å². The van der Waals surface area contributed by atoms with Crippen molar-refractivity contribution >= 4 is 23.3 Å². The predicted molar refractivity (Wildman–Crippen MR) is 88.6 cm³/mol. The van der Waals surface area contributed by atoms with Crippen LogP contribution in [0, 0.1) is 0 Å². The summed E-state index contributed by atoms with van der Waals surface area (Å²) in [6, 6.07) is 7.26. The zero-order valence-electron chi connectivity index (χ0n) is 12.9. The van der Waals surface area contributed by atoms with Gasteiger partial charge in [-0.15, -0.1) is 0 Å². The molecule has 0 radical (unpaired) electrons. The molecule has 0 aliphatic carbocycles. The number of hydrogen-bond donors (Lipinski definition) is 2. The molecule has 0 saturated carbocycles. The molecule has 1 heterocycles. The molecule has 2 N–H and O–H groups in total. The van der Waals surface area contributed by atoms with Gasteiger partial charge in [-0.05, 0) is 50.7 Å². The molecular weight excluding hydrogens is 300 g/mol. The van der Waals surface area contributed by atoms with Crippen LogP contribution in [-0.2, 0) is 9.53 Å². The standard InChI is InChI=1S/C16H20N2O3S/c1-4-20-12-8-6-7-11(9-12)14-13(15(19)21-5-2)10(3)17-16(22)18-14/h6-9,14H,4-5H2,1-3H3,(H2,17,18,22). The normalized spacial score (nSPS) is 17.6. The quantitative estimate of drug-likeness (QED) is 0.642. The molecule has 1 unspecified atom stereocenters. The molecule has 22 heavy (non-hydrogen) atoms. The Bertz CT molecular complexity index is 613. The summed E-state index contributed by atoms with van der Waals surface area (Å²) in [4.78, 5) is 12.3. The first kappa shape index (κ1) is 16.3. The monoisotopic (exact) mass is 320 g/mol. The number of carbonyl (C=O) groups is 1. The van der Waals surface area contributed by atoms with E-state index in [0.29, 0.717) is 29.6 Å². The third kappa shape index (κ3) is 3.57. The van der Waals surface area contributed by atoms with Crippen LogP contribution < -0.4 is 15.4 Å². The van der Waals surface area contributed by atoms with Crippen molar-refractivity contribution in [2.24, 2.45) is 0 Å². The maximum Gasteiger partial charge on any atom is 0.338 e. The van der Waals surface area contributed by atoms with Gasteiger partial charge in [0.2, 0.25) is 0 Å². The molecule has 0 bridgehead atoms. The average molecular weight is 320 g/mol. The van der Waals surface area contributed by atoms with Gasteiger partial charge in [0.05, 0.1) is 24.8 Å². The van der Waals surface area contributed by atoms with Gasteiger partial charge >= 0.3 is 5.97 Å². The van der Waals surface area contributed by atoms with Crippen molar-refractivity contribution in [2.45, 2.75) is 26.8 Å². The first-order chi connectivity index (χ1) is 10.6. The summed E-state index contributed by atoms with van der Waals surface area (Å²) >= 11 is 5.21. The SMILES string of the molecule is CCOC(=O)C1=C(C)NC(=S)NC1c1cccc(OCC)c1. The van der Waals surface area contributed by atoms with Gasteiger partial charge in [0, 0.05) is 5.70 Å². The topological polar surface area (TPSA) is 59.6 Å². The molecule has 0 spiro atoms. The molecule has 0 fully saturated rings. The Morgan fingerprint density at radius 2 is 2.09 bits per heavy atom. The minimum atomic E-state index is -0.354. The number of hydrogen-bond acceptors (Lipinski definition) is 4. The third-order valence-electron chi connectivity index (χ3n) is 3.27. The van der Waals surface area contributed by atoms with Crippen molar-refractivity contribution in [3.63, 3.8) is 0 Å². The summed E-state index contributed by atoms with van der Waals surface area (Å²) < 4.78 is 10.7. The molecule has 0 amide bonds. The van der Waals surface area contributed by atoms with E-state index in [9.17, 15) is 4.79 Å². The fourth-order valence-electron chi connectivity index (χ4n) is 2.37. The highest BCUT2D eigenvalue weighted by Gasteiger charge is 2.30. The second-order valence-corrected chi connectivity index (χ2v) is 5.20. The molecule has 1 aromatic carbocycles. The van der Waals surface area contributed by atoms with E-state index in [1.165, 1.54) is 0 Å². The number of nitrogens with one attached hydrogen (secondary N) is 2. The molecule has 6 heteroatoms. The highest BCUT2D eigenvalue weighted by molar-refractivity contribution is 7.80. The van der Waals surface area contributed by atoms with Crippen LogP contribution in [0.5, 0.6) is 5.75 Å². The van der Waals surface area contributed by atoms with Crippen molar-refractivity contribution in [2.75, 3.05) is 13.2 Å². The van der Waals surface area contributed by atoms with Gasteiger partial charge in [0.25, 0.3) is 0 Å². The fourth-order valence-corrected chi connectivity index (χ4v) is 2.64. The number of ether oxygens (including phenoxy) is 2. The Kier molecular flexibility index (Phi) is 5.38. The van der Waals surface area contributed by atoms with E-state index in [2.05, 4.69) is 10.6 Å². The van der Waals surface area contributed by atoms with Crippen LogP contribution in [0.3, 0.4) is 0 Å². The van der Waals surface area contributed by atoms with Gasteiger partial charge in [-0.3, -0.25) is 0 Å². The Balaban J connectivity index is 2.41. The van der Waals surface area contributed by atoms with E-state index < -0.39 is 0 Å². The number of esters is 1. The van der Waals surface area contributed by atoms with Crippen LogP contribution in [0.15, 0.2) is 35.5 Å². The predicted octanol–water partition coefficient (Wildman–Crippen LogP) is 2.44. The lowest BCUT2D eigenvalue weighted by molar-refractivity contribution is -0.139. The molecular formula is C16H20N2O3S. The number of thiocarbonyl (C=S) groups is 1. The summed E-state index contributed by atoms with van der Waals surface area (Å²) in [5.74, 6) is 0.404. The van der Waals surface area contributed by atoms with Crippen LogP contribution in [-0.4, -0.2) is 24.3 Å². The van der Waals surface area contributed by atoms with E-state index >= 15 is 0 Å². The fraction of sp³-hybridized carbons (Fsp3) is 0.375. The molecule has 1 aliphatic rings. The maximum atomic E-state index is 12.3. The van der Waals surface area contributed by atoms with Crippen molar-refractivity contribution in [1.82, 2.24) is 10.6 Å². The van der Waals surface area contributed by atoms with Gasteiger partial charge in [-0.1, -0.05) is 12.1 Å². The molecule has 1 aliphatic heterocycles. The minimum Gasteiger partial charge on any atom is -0.494 e. The lowest BCUT2D eigenvalue weighted by atomic mass is 9.95. The first-order valence-electron chi connectivity index (χ1n) is 7.25. The summed E-state index contributed by atoms with van der Waals surface area (Å²) in [6.07, 6.45) is 0. The number of rotatable bonds is 5. The van der Waals surface area contributed by atoms with Crippen LogP contribution in [0.4, 0.5) is 0 Å². The zero-order chi connectivity index (χ0) is 16.1. The number of benzene rings is 1. The van der Waals surface area contributed by atoms with Gasteiger partial charge in [-0.2, -0.15) is 0 Å².